The van der Waals surface area contributed by atoms with E-state index in [1.807, 2.05) is 24.7 Å². The van der Waals surface area contributed by atoms with Gasteiger partial charge in [0.25, 0.3) is 6.43 Å². The van der Waals surface area contributed by atoms with Gasteiger partial charge in [0, 0.05) is 29.7 Å². The first-order valence-corrected chi connectivity index (χ1v) is 8.99. The first kappa shape index (κ1) is 19.7. The number of anilines is 1. The van der Waals surface area contributed by atoms with Crippen LogP contribution in [0, 0.1) is 13.8 Å². The van der Waals surface area contributed by atoms with Gasteiger partial charge in [0.1, 0.15) is 11.7 Å². The summed E-state index contributed by atoms with van der Waals surface area (Å²) < 4.78 is 30.5. The van der Waals surface area contributed by atoms with Crippen molar-refractivity contribution in [1.29, 1.82) is 0 Å². The summed E-state index contributed by atoms with van der Waals surface area (Å²) in [5.41, 5.74) is 2.80. The van der Waals surface area contributed by atoms with E-state index in [0.29, 0.717) is 17.9 Å². The Morgan fingerprint density at radius 2 is 2.00 bits per heavy atom. The number of hydrogen-bond acceptors (Lipinski definition) is 4. The zero-order chi connectivity index (χ0) is 20.4. The molecule has 1 unspecified atom stereocenters. The first-order chi connectivity index (χ1) is 13.3. The summed E-state index contributed by atoms with van der Waals surface area (Å²) in [5.74, 6) is -0.360. The molecular formula is C18H23F2N7O. The van der Waals surface area contributed by atoms with E-state index >= 15 is 0 Å². The van der Waals surface area contributed by atoms with Crippen molar-refractivity contribution in [1.82, 2.24) is 29.3 Å². The SMILES string of the molecule is CCn1ncc(Cn2cc(NC(=O)C(C)n3nc(C(F)F)cc3C)cn2)c1C. The summed E-state index contributed by atoms with van der Waals surface area (Å²) >= 11 is 0. The van der Waals surface area contributed by atoms with Crippen LogP contribution in [0.15, 0.2) is 24.7 Å². The number of nitrogens with one attached hydrogen (secondary N) is 1. The highest BCUT2D eigenvalue weighted by Crippen LogP contribution is 2.21. The predicted octanol–water partition coefficient (Wildman–Crippen LogP) is 3.10. The van der Waals surface area contributed by atoms with Crippen LogP contribution in [-0.4, -0.2) is 35.2 Å². The van der Waals surface area contributed by atoms with Crippen molar-refractivity contribution in [2.24, 2.45) is 0 Å². The lowest BCUT2D eigenvalue weighted by Crippen LogP contribution is -2.25. The highest BCUT2D eigenvalue weighted by Gasteiger charge is 2.21. The van der Waals surface area contributed by atoms with Gasteiger partial charge in [-0.2, -0.15) is 15.3 Å². The van der Waals surface area contributed by atoms with E-state index in [0.717, 1.165) is 17.8 Å². The lowest BCUT2D eigenvalue weighted by atomic mass is 10.2. The van der Waals surface area contributed by atoms with Gasteiger partial charge in [-0.25, -0.2) is 8.78 Å². The van der Waals surface area contributed by atoms with Gasteiger partial charge in [-0.15, -0.1) is 0 Å². The number of aromatic nitrogens is 6. The minimum Gasteiger partial charge on any atom is -0.322 e. The molecule has 0 saturated carbocycles. The van der Waals surface area contributed by atoms with Crippen LogP contribution < -0.4 is 5.32 Å². The van der Waals surface area contributed by atoms with Gasteiger partial charge in [0.2, 0.25) is 5.91 Å². The maximum atomic E-state index is 12.8. The molecule has 0 saturated heterocycles. The van der Waals surface area contributed by atoms with Crippen molar-refractivity contribution in [2.45, 2.75) is 53.3 Å². The smallest absolute Gasteiger partial charge is 0.282 e. The molecule has 0 aliphatic rings. The predicted molar refractivity (Wildman–Crippen MR) is 99.2 cm³/mol. The van der Waals surface area contributed by atoms with Crippen molar-refractivity contribution in [3.8, 4) is 0 Å². The van der Waals surface area contributed by atoms with Crippen LogP contribution in [0.1, 0.15) is 49.0 Å². The molecular weight excluding hydrogens is 368 g/mol. The molecule has 0 aromatic carbocycles. The highest BCUT2D eigenvalue weighted by atomic mass is 19.3. The topological polar surface area (TPSA) is 82.6 Å². The average Bonchev–Trinajstić information content (AvgIpc) is 3.35. The Balaban J connectivity index is 1.67. The Bertz CT molecular complexity index is 973. The molecule has 3 rings (SSSR count). The molecule has 8 nitrogen and oxygen atoms in total. The van der Waals surface area contributed by atoms with Gasteiger partial charge in [0.15, 0.2) is 0 Å². The second kappa shape index (κ2) is 7.91. The summed E-state index contributed by atoms with van der Waals surface area (Å²) in [6.07, 6.45) is 2.40. The summed E-state index contributed by atoms with van der Waals surface area (Å²) in [4.78, 5) is 12.5. The van der Waals surface area contributed by atoms with E-state index in [1.54, 1.807) is 30.9 Å². The fraction of sp³-hybridized carbons (Fsp3) is 0.444. The Kier molecular flexibility index (Phi) is 5.57. The Morgan fingerprint density at radius 1 is 1.25 bits per heavy atom. The minimum atomic E-state index is -2.67. The Labute approximate surface area is 161 Å². The highest BCUT2D eigenvalue weighted by molar-refractivity contribution is 5.93. The molecule has 1 atom stereocenters. The summed E-state index contributed by atoms with van der Waals surface area (Å²) in [6.45, 7) is 8.60. The van der Waals surface area contributed by atoms with Gasteiger partial charge < -0.3 is 5.32 Å². The zero-order valence-corrected chi connectivity index (χ0v) is 16.2. The second-order valence-corrected chi connectivity index (χ2v) is 6.62. The van der Waals surface area contributed by atoms with Crippen LogP contribution in [0.4, 0.5) is 14.5 Å². The number of hydrogen-bond donors (Lipinski definition) is 1. The van der Waals surface area contributed by atoms with Crippen LogP contribution >= 0.6 is 0 Å². The van der Waals surface area contributed by atoms with Crippen molar-refractivity contribution >= 4 is 11.6 Å². The van der Waals surface area contributed by atoms with Crippen molar-refractivity contribution in [3.05, 3.63) is 47.3 Å². The van der Waals surface area contributed by atoms with Gasteiger partial charge in [-0.3, -0.25) is 18.8 Å². The Hall–Kier alpha value is -3.04. The fourth-order valence-electron chi connectivity index (χ4n) is 3.02. The molecule has 0 aliphatic heterocycles. The molecule has 3 aromatic heterocycles. The third-order valence-electron chi connectivity index (χ3n) is 4.65. The van der Waals surface area contributed by atoms with Gasteiger partial charge in [0.05, 0.1) is 24.6 Å². The molecule has 0 fully saturated rings. The van der Waals surface area contributed by atoms with Crippen LogP contribution in [0.3, 0.4) is 0 Å². The average molecular weight is 391 g/mol. The van der Waals surface area contributed by atoms with Gasteiger partial charge in [-0.05, 0) is 33.8 Å². The second-order valence-electron chi connectivity index (χ2n) is 6.62. The molecule has 0 aliphatic carbocycles. The van der Waals surface area contributed by atoms with Crippen LogP contribution in [0.25, 0.3) is 0 Å². The van der Waals surface area contributed by atoms with Crippen LogP contribution in [0.2, 0.25) is 0 Å². The fourth-order valence-corrected chi connectivity index (χ4v) is 3.02. The van der Waals surface area contributed by atoms with Crippen molar-refractivity contribution in [2.75, 3.05) is 5.32 Å². The number of nitrogens with zero attached hydrogens (tertiary/aromatic N) is 6. The summed E-state index contributed by atoms with van der Waals surface area (Å²) in [5, 5.41) is 15.1. The van der Waals surface area contributed by atoms with Crippen LogP contribution in [0.5, 0.6) is 0 Å². The molecule has 150 valence electrons. The van der Waals surface area contributed by atoms with E-state index in [-0.39, 0.29) is 11.6 Å². The van der Waals surface area contributed by atoms with Crippen LogP contribution in [-0.2, 0) is 17.9 Å². The molecule has 0 bridgehead atoms. The molecule has 3 heterocycles. The third-order valence-corrected chi connectivity index (χ3v) is 4.65. The lowest BCUT2D eigenvalue weighted by molar-refractivity contribution is -0.119. The summed E-state index contributed by atoms with van der Waals surface area (Å²) in [7, 11) is 0. The number of carbonyl (C=O) groups excluding carboxylic acids is 1. The quantitative estimate of drug-likeness (QED) is 0.671. The van der Waals surface area contributed by atoms with Crippen molar-refractivity contribution in [3.63, 3.8) is 0 Å². The van der Waals surface area contributed by atoms with E-state index in [4.69, 9.17) is 0 Å². The summed E-state index contributed by atoms with van der Waals surface area (Å²) in [6, 6.07) is 0.548. The number of carbonyl (C=O) groups is 1. The number of halogens is 2. The van der Waals surface area contributed by atoms with E-state index in [2.05, 4.69) is 20.6 Å². The molecule has 1 N–H and O–H groups in total. The van der Waals surface area contributed by atoms with E-state index in [1.165, 1.54) is 10.7 Å². The first-order valence-electron chi connectivity index (χ1n) is 8.99. The number of amides is 1. The Morgan fingerprint density at radius 3 is 2.61 bits per heavy atom. The van der Waals surface area contributed by atoms with E-state index in [9.17, 15) is 13.6 Å². The molecule has 28 heavy (non-hydrogen) atoms. The van der Waals surface area contributed by atoms with E-state index < -0.39 is 12.5 Å². The number of alkyl halides is 2. The molecule has 1 amide bonds. The zero-order valence-electron chi connectivity index (χ0n) is 16.2. The normalized spacial score (nSPS) is 12.5. The number of rotatable bonds is 7. The molecule has 10 heteroatoms. The molecule has 0 radical (unpaired) electrons. The van der Waals surface area contributed by atoms with Gasteiger partial charge in [-0.1, -0.05) is 0 Å². The lowest BCUT2D eigenvalue weighted by Gasteiger charge is -2.13. The largest absolute Gasteiger partial charge is 0.322 e. The van der Waals surface area contributed by atoms with Crippen molar-refractivity contribution < 1.29 is 13.6 Å². The standard InChI is InChI=1S/C18H23F2N7O/c1-5-26-12(3)14(7-22-26)9-25-10-15(8-21-25)23-18(28)13(4)27-11(2)6-16(24-27)17(19)20/h6-8,10,13,17H,5,9H2,1-4H3,(H,23,28). The maximum Gasteiger partial charge on any atom is 0.282 e. The third kappa shape index (κ3) is 3.95. The maximum absolute atomic E-state index is 12.8. The molecule has 0 spiro atoms. The minimum absolute atomic E-state index is 0.340. The monoisotopic (exact) mass is 391 g/mol. The molecule has 3 aromatic rings. The van der Waals surface area contributed by atoms with Gasteiger partial charge >= 0.3 is 0 Å². The number of aryl methyl sites for hydroxylation is 2.